The topological polar surface area (TPSA) is 78.7 Å². The van der Waals surface area contributed by atoms with Crippen LogP contribution in [-0.2, 0) is 10.6 Å². The van der Waals surface area contributed by atoms with Gasteiger partial charge in [0.25, 0.3) is 5.69 Å². The number of carbonyl (C=O) groups excluding carboxylic acids is 1. The summed E-state index contributed by atoms with van der Waals surface area (Å²) in [6.07, 6.45) is 0. The molecule has 0 aromatic heterocycles. The van der Waals surface area contributed by atoms with Crippen LogP contribution in [0.25, 0.3) is 0 Å². The summed E-state index contributed by atoms with van der Waals surface area (Å²) in [4.78, 5) is 21.9. The second-order valence-corrected chi connectivity index (χ2v) is 3.56. The Morgan fingerprint density at radius 3 is 2.61 bits per heavy atom. The Morgan fingerprint density at radius 1 is 1.50 bits per heavy atom. The van der Waals surface area contributed by atoms with Crippen molar-refractivity contribution in [2.75, 3.05) is 13.7 Å². The predicted molar refractivity (Wildman–Crippen MR) is 65.2 cm³/mol. The zero-order chi connectivity index (χ0) is 13.7. The zero-order valence-electron chi connectivity index (χ0n) is 9.94. The second-order valence-electron chi connectivity index (χ2n) is 3.29. The van der Waals surface area contributed by atoms with Crippen LogP contribution in [0.1, 0.15) is 22.8 Å². The molecule has 0 unspecified atom stereocenters. The smallest absolute Gasteiger partial charge is 0.345 e. The number of ether oxygens (including phenoxy) is 2. The van der Waals surface area contributed by atoms with Crippen LogP contribution in [0.2, 0.25) is 0 Å². The lowest BCUT2D eigenvalue weighted by molar-refractivity contribution is -0.385. The van der Waals surface area contributed by atoms with Gasteiger partial charge in [0, 0.05) is 17.7 Å². The number of rotatable bonds is 5. The molecule has 0 aliphatic rings. The van der Waals surface area contributed by atoms with E-state index < -0.39 is 10.9 Å². The minimum absolute atomic E-state index is 0.0487. The normalized spacial score (nSPS) is 9.94. The highest BCUT2D eigenvalue weighted by molar-refractivity contribution is 6.17. The fraction of sp³-hybridized carbons (Fsp3) is 0.364. The van der Waals surface area contributed by atoms with E-state index in [2.05, 4.69) is 0 Å². The van der Waals surface area contributed by atoms with Gasteiger partial charge in [0.05, 0.1) is 24.5 Å². The number of hydrogen-bond acceptors (Lipinski definition) is 5. The first kappa shape index (κ1) is 14.2. The van der Waals surface area contributed by atoms with Gasteiger partial charge in [0.1, 0.15) is 11.3 Å². The van der Waals surface area contributed by atoms with Crippen molar-refractivity contribution in [3.05, 3.63) is 33.4 Å². The number of esters is 1. The summed E-state index contributed by atoms with van der Waals surface area (Å²) in [5, 5.41) is 10.9. The van der Waals surface area contributed by atoms with Crippen molar-refractivity contribution >= 4 is 23.3 Å². The molecule has 1 aromatic rings. The number of halogens is 1. The molecular weight excluding hydrogens is 262 g/mol. The lowest BCUT2D eigenvalue weighted by Crippen LogP contribution is -2.09. The van der Waals surface area contributed by atoms with E-state index in [9.17, 15) is 14.9 Å². The highest BCUT2D eigenvalue weighted by Gasteiger charge is 2.24. The average Bonchev–Trinajstić information content (AvgIpc) is 2.37. The van der Waals surface area contributed by atoms with E-state index in [1.165, 1.54) is 19.2 Å². The Bertz CT molecular complexity index is 475. The summed E-state index contributed by atoms with van der Waals surface area (Å²) in [5.74, 6) is -0.394. The molecule has 0 heterocycles. The summed E-state index contributed by atoms with van der Waals surface area (Å²) >= 11 is 5.66. The number of alkyl halides is 1. The third kappa shape index (κ3) is 2.89. The van der Waals surface area contributed by atoms with Gasteiger partial charge in [0.2, 0.25) is 0 Å². The molecule has 1 rings (SSSR count). The van der Waals surface area contributed by atoms with Gasteiger partial charge in [-0.05, 0) is 6.92 Å². The largest absolute Gasteiger partial charge is 0.496 e. The third-order valence-corrected chi connectivity index (χ3v) is 2.52. The quantitative estimate of drug-likeness (QED) is 0.356. The van der Waals surface area contributed by atoms with Gasteiger partial charge in [-0.2, -0.15) is 0 Å². The summed E-state index contributed by atoms with van der Waals surface area (Å²) in [7, 11) is 1.39. The van der Waals surface area contributed by atoms with E-state index in [0.717, 1.165) is 0 Å². The molecule has 7 heteroatoms. The number of methoxy groups -OCH3 is 1. The van der Waals surface area contributed by atoms with E-state index in [4.69, 9.17) is 21.1 Å². The summed E-state index contributed by atoms with van der Waals surface area (Å²) in [6, 6.07) is 2.49. The maximum Gasteiger partial charge on any atom is 0.345 e. The number of nitrogens with zero attached hydrogens (tertiary/aromatic N) is 1. The van der Waals surface area contributed by atoms with Crippen LogP contribution in [0.4, 0.5) is 5.69 Å². The number of benzene rings is 1. The molecule has 6 nitrogen and oxygen atoms in total. The summed E-state index contributed by atoms with van der Waals surface area (Å²) in [6.45, 7) is 1.75. The van der Waals surface area contributed by atoms with E-state index in [1.807, 2.05) is 0 Å². The van der Waals surface area contributed by atoms with E-state index in [-0.39, 0.29) is 23.7 Å². The first-order valence-electron chi connectivity index (χ1n) is 5.13. The van der Waals surface area contributed by atoms with Crippen molar-refractivity contribution in [1.82, 2.24) is 0 Å². The molecule has 0 saturated carbocycles. The Kier molecular flexibility index (Phi) is 4.91. The van der Waals surface area contributed by atoms with Gasteiger partial charge in [0.15, 0.2) is 0 Å². The molecule has 1 aromatic carbocycles. The second kappa shape index (κ2) is 6.20. The minimum atomic E-state index is -0.761. The molecule has 0 N–H and O–H groups in total. The first-order chi connectivity index (χ1) is 8.54. The monoisotopic (exact) mass is 273 g/mol. The van der Waals surface area contributed by atoms with Crippen LogP contribution in [0.5, 0.6) is 5.75 Å². The highest BCUT2D eigenvalue weighted by atomic mass is 35.5. The van der Waals surface area contributed by atoms with Crippen molar-refractivity contribution in [1.29, 1.82) is 0 Å². The van der Waals surface area contributed by atoms with Crippen molar-refractivity contribution in [2.45, 2.75) is 12.8 Å². The van der Waals surface area contributed by atoms with E-state index in [1.54, 1.807) is 6.92 Å². The highest BCUT2D eigenvalue weighted by Crippen LogP contribution is 2.30. The molecule has 0 amide bonds. The Labute approximate surface area is 109 Å². The van der Waals surface area contributed by atoms with Gasteiger partial charge < -0.3 is 9.47 Å². The van der Waals surface area contributed by atoms with Crippen molar-refractivity contribution in [3.63, 3.8) is 0 Å². The molecule has 18 heavy (non-hydrogen) atoms. The minimum Gasteiger partial charge on any atom is -0.496 e. The van der Waals surface area contributed by atoms with Crippen molar-refractivity contribution in [3.8, 4) is 5.75 Å². The standard InChI is InChI=1S/C11H12ClNO5/c1-3-18-11(14)8-5-10(17-2)7(6-12)4-9(8)13(15)16/h4-5H,3,6H2,1-2H3. The lowest BCUT2D eigenvalue weighted by atomic mass is 10.1. The number of carbonyl (C=O) groups is 1. The van der Waals surface area contributed by atoms with E-state index in [0.29, 0.717) is 11.3 Å². The average molecular weight is 274 g/mol. The number of nitro groups is 1. The number of hydrogen-bond donors (Lipinski definition) is 0. The molecule has 0 radical (unpaired) electrons. The van der Waals surface area contributed by atoms with Gasteiger partial charge in [-0.1, -0.05) is 0 Å². The summed E-state index contributed by atoms with van der Waals surface area (Å²) in [5.41, 5.74) is -0.0450. The van der Waals surface area contributed by atoms with Crippen LogP contribution in [0, 0.1) is 10.1 Å². The maximum atomic E-state index is 11.6. The van der Waals surface area contributed by atoms with Crippen LogP contribution in [-0.4, -0.2) is 24.6 Å². The zero-order valence-corrected chi connectivity index (χ0v) is 10.7. The molecule has 0 aliphatic carbocycles. The molecule has 0 aliphatic heterocycles. The third-order valence-electron chi connectivity index (χ3n) is 2.23. The van der Waals surface area contributed by atoms with Crippen LogP contribution in [0.3, 0.4) is 0 Å². The van der Waals surface area contributed by atoms with Gasteiger partial charge >= 0.3 is 5.97 Å². The molecule has 0 atom stereocenters. The first-order valence-corrected chi connectivity index (χ1v) is 5.67. The van der Waals surface area contributed by atoms with Gasteiger partial charge in [-0.15, -0.1) is 11.6 Å². The molecule has 0 saturated heterocycles. The Balaban J connectivity index is 3.37. The van der Waals surface area contributed by atoms with Gasteiger partial charge in [-0.3, -0.25) is 10.1 Å². The fourth-order valence-corrected chi connectivity index (χ4v) is 1.64. The summed E-state index contributed by atoms with van der Waals surface area (Å²) < 4.78 is 9.78. The van der Waals surface area contributed by atoms with Crippen molar-refractivity contribution in [2.24, 2.45) is 0 Å². The van der Waals surface area contributed by atoms with Crippen LogP contribution < -0.4 is 4.74 Å². The van der Waals surface area contributed by atoms with Crippen molar-refractivity contribution < 1.29 is 19.2 Å². The van der Waals surface area contributed by atoms with Crippen LogP contribution in [0.15, 0.2) is 12.1 Å². The number of nitro benzene ring substituents is 1. The molecule has 0 spiro atoms. The predicted octanol–water partition coefficient (Wildman–Crippen LogP) is 2.52. The Hall–Kier alpha value is -1.82. The maximum absolute atomic E-state index is 11.6. The Morgan fingerprint density at radius 2 is 2.17 bits per heavy atom. The van der Waals surface area contributed by atoms with E-state index >= 15 is 0 Å². The fourth-order valence-electron chi connectivity index (χ4n) is 1.43. The van der Waals surface area contributed by atoms with Crippen LogP contribution >= 0.6 is 11.6 Å². The molecule has 98 valence electrons. The van der Waals surface area contributed by atoms with Gasteiger partial charge in [-0.25, -0.2) is 4.79 Å². The molecule has 0 fully saturated rings. The lowest BCUT2D eigenvalue weighted by Gasteiger charge is -2.09. The molecule has 0 bridgehead atoms. The SMILES string of the molecule is CCOC(=O)c1cc(OC)c(CCl)cc1[N+](=O)[O-]. The molecular formula is C11H12ClNO5.